The fourth-order valence-electron chi connectivity index (χ4n) is 2.81. The minimum Gasteiger partial charge on any atom is -0.466 e. The van der Waals surface area contributed by atoms with Crippen LogP contribution >= 0.6 is 15.9 Å². The van der Waals surface area contributed by atoms with Gasteiger partial charge in [-0.1, -0.05) is 94.0 Å². The first-order chi connectivity index (χ1) is 13.1. The van der Waals surface area contributed by atoms with Crippen LogP contribution in [0, 0.1) is 0 Å². The zero-order chi connectivity index (χ0) is 20.2. The predicted molar refractivity (Wildman–Crippen MR) is 115 cm³/mol. The van der Waals surface area contributed by atoms with E-state index in [-0.39, 0.29) is 16.8 Å². The monoisotopic (exact) mass is 448 g/mol. The normalized spacial score (nSPS) is 12.0. The van der Waals surface area contributed by atoms with Crippen LogP contribution in [0.5, 0.6) is 0 Å². The molecule has 0 heterocycles. The lowest BCUT2D eigenvalue weighted by Crippen LogP contribution is -2.19. The van der Waals surface area contributed by atoms with Crippen LogP contribution in [0.25, 0.3) is 0 Å². The number of hydrogen-bond acceptors (Lipinski definition) is 4. The van der Waals surface area contributed by atoms with Gasteiger partial charge in [-0.3, -0.25) is 9.59 Å². The van der Waals surface area contributed by atoms with Crippen molar-refractivity contribution in [2.45, 2.75) is 115 Å². The van der Waals surface area contributed by atoms with Crippen molar-refractivity contribution in [2.75, 3.05) is 13.2 Å². The standard InChI is InChI=1S/C22H41BrO4/c1-3-5-7-8-9-10-11-12-13-14-18-27-22(25)20(23)16-15-19-26-21(24)17-6-4-2/h20H,3-19H2,1-2H3. The van der Waals surface area contributed by atoms with Gasteiger partial charge in [0.15, 0.2) is 0 Å². The summed E-state index contributed by atoms with van der Waals surface area (Å²) in [5, 5.41) is 0. The molecular weight excluding hydrogens is 408 g/mol. The highest BCUT2D eigenvalue weighted by Gasteiger charge is 2.16. The van der Waals surface area contributed by atoms with Gasteiger partial charge in [-0.15, -0.1) is 0 Å². The third kappa shape index (κ3) is 18.5. The third-order valence-corrected chi connectivity index (χ3v) is 5.43. The SMILES string of the molecule is CCCCCCCCCCCCOC(=O)C(Br)CCCOC(=O)CCCC. The molecule has 160 valence electrons. The Morgan fingerprint density at radius 3 is 1.81 bits per heavy atom. The van der Waals surface area contributed by atoms with E-state index in [0.717, 1.165) is 25.7 Å². The first kappa shape index (κ1) is 26.4. The summed E-state index contributed by atoms with van der Waals surface area (Å²) in [5.74, 6) is -0.352. The molecule has 5 heteroatoms. The van der Waals surface area contributed by atoms with Crippen LogP contribution in [-0.4, -0.2) is 30.0 Å². The number of carbonyl (C=O) groups excluding carboxylic acids is 2. The van der Waals surface area contributed by atoms with E-state index in [4.69, 9.17) is 9.47 Å². The second-order valence-electron chi connectivity index (χ2n) is 7.28. The first-order valence-electron chi connectivity index (χ1n) is 11.1. The molecule has 0 spiro atoms. The predicted octanol–water partition coefficient (Wildman–Crippen LogP) is 6.73. The van der Waals surface area contributed by atoms with Crippen molar-refractivity contribution in [3.8, 4) is 0 Å². The van der Waals surface area contributed by atoms with Gasteiger partial charge in [0.25, 0.3) is 0 Å². The van der Waals surface area contributed by atoms with Crippen molar-refractivity contribution >= 4 is 27.9 Å². The summed E-state index contributed by atoms with van der Waals surface area (Å²) in [6.45, 7) is 5.17. The summed E-state index contributed by atoms with van der Waals surface area (Å²) in [7, 11) is 0. The third-order valence-electron chi connectivity index (χ3n) is 4.60. The number of alkyl halides is 1. The highest BCUT2D eigenvalue weighted by molar-refractivity contribution is 9.10. The van der Waals surface area contributed by atoms with E-state index >= 15 is 0 Å². The Labute approximate surface area is 175 Å². The maximum Gasteiger partial charge on any atom is 0.319 e. The van der Waals surface area contributed by atoms with Crippen LogP contribution in [0.4, 0.5) is 0 Å². The minimum absolute atomic E-state index is 0.147. The van der Waals surface area contributed by atoms with Crippen molar-refractivity contribution in [1.29, 1.82) is 0 Å². The molecular formula is C22H41BrO4. The molecule has 0 aromatic rings. The number of carbonyl (C=O) groups is 2. The summed E-state index contributed by atoms with van der Waals surface area (Å²) in [5.41, 5.74) is 0. The molecule has 0 radical (unpaired) electrons. The molecule has 0 aliphatic carbocycles. The quantitative estimate of drug-likeness (QED) is 0.125. The summed E-state index contributed by atoms with van der Waals surface area (Å²) >= 11 is 3.37. The van der Waals surface area contributed by atoms with Crippen LogP contribution in [-0.2, 0) is 19.1 Å². The minimum atomic E-state index is -0.310. The smallest absolute Gasteiger partial charge is 0.319 e. The molecule has 0 aromatic heterocycles. The number of ether oxygens (including phenoxy) is 2. The van der Waals surface area contributed by atoms with Crippen LogP contribution in [0.1, 0.15) is 110 Å². The molecule has 0 aliphatic heterocycles. The molecule has 1 atom stereocenters. The topological polar surface area (TPSA) is 52.6 Å². The molecule has 27 heavy (non-hydrogen) atoms. The van der Waals surface area contributed by atoms with Crippen molar-refractivity contribution in [3.63, 3.8) is 0 Å². The Morgan fingerprint density at radius 1 is 0.704 bits per heavy atom. The lowest BCUT2D eigenvalue weighted by atomic mass is 10.1. The molecule has 4 nitrogen and oxygen atoms in total. The van der Waals surface area contributed by atoms with Crippen LogP contribution < -0.4 is 0 Å². The van der Waals surface area contributed by atoms with Gasteiger partial charge in [0.2, 0.25) is 0 Å². The lowest BCUT2D eigenvalue weighted by molar-refractivity contribution is -0.144. The second kappa shape index (κ2) is 20.2. The number of unbranched alkanes of at least 4 members (excludes halogenated alkanes) is 10. The maximum absolute atomic E-state index is 11.9. The summed E-state index contributed by atoms with van der Waals surface area (Å²) in [4.78, 5) is 23.0. The van der Waals surface area contributed by atoms with E-state index in [0.29, 0.717) is 32.5 Å². The maximum atomic E-state index is 11.9. The van der Waals surface area contributed by atoms with E-state index in [1.165, 1.54) is 51.4 Å². The van der Waals surface area contributed by atoms with E-state index in [1.54, 1.807) is 0 Å². The zero-order valence-corrected chi connectivity index (χ0v) is 19.2. The van der Waals surface area contributed by atoms with Gasteiger partial charge in [-0.25, -0.2) is 0 Å². The summed E-state index contributed by atoms with van der Waals surface area (Å²) in [6.07, 6.45) is 16.3. The van der Waals surface area contributed by atoms with Gasteiger partial charge in [-0.2, -0.15) is 0 Å². The second-order valence-corrected chi connectivity index (χ2v) is 8.39. The van der Waals surface area contributed by atoms with Gasteiger partial charge in [0, 0.05) is 6.42 Å². The molecule has 0 saturated carbocycles. The number of hydrogen-bond donors (Lipinski definition) is 0. The Morgan fingerprint density at radius 2 is 1.22 bits per heavy atom. The van der Waals surface area contributed by atoms with Crippen molar-refractivity contribution in [2.24, 2.45) is 0 Å². The van der Waals surface area contributed by atoms with E-state index in [9.17, 15) is 9.59 Å². The van der Waals surface area contributed by atoms with E-state index in [1.807, 2.05) is 6.92 Å². The first-order valence-corrected chi connectivity index (χ1v) is 12.0. The van der Waals surface area contributed by atoms with Crippen molar-refractivity contribution < 1.29 is 19.1 Å². The summed E-state index contributed by atoms with van der Waals surface area (Å²) in [6, 6.07) is 0. The van der Waals surface area contributed by atoms with Crippen LogP contribution in [0.15, 0.2) is 0 Å². The molecule has 0 N–H and O–H groups in total. The van der Waals surface area contributed by atoms with Gasteiger partial charge in [0.05, 0.1) is 13.2 Å². The van der Waals surface area contributed by atoms with Crippen LogP contribution in [0.3, 0.4) is 0 Å². The van der Waals surface area contributed by atoms with Crippen molar-refractivity contribution in [1.82, 2.24) is 0 Å². The fourth-order valence-corrected chi connectivity index (χ4v) is 3.27. The Balaban J connectivity index is 3.42. The summed E-state index contributed by atoms with van der Waals surface area (Å²) < 4.78 is 10.4. The number of esters is 2. The molecule has 1 unspecified atom stereocenters. The molecule has 0 rings (SSSR count). The van der Waals surface area contributed by atoms with Gasteiger partial charge >= 0.3 is 11.9 Å². The molecule has 0 aromatic carbocycles. The van der Waals surface area contributed by atoms with E-state index in [2.05, 4.69) is 22.9 Å². The number of rotatable bonds is 19. The van der Waals surface area contributed by atoms with Crippen molar-refractivity contribution in [3.05, 3.63) is 0 Å². The highest BCUT2D eigenvalue weighted by Crippen LogP contribution is 2.13. The molecule has 0 fully saturated rings. The molecule has 0 aliphatic rings. The lowest BCUT2D eigenvalue weighted by Gasteiger charge is -2.10. The molecule has 0 amide bonds. The Bertz CT molecular complexity index is 360. The molecule has 0 saturated heterocycles. The Hall–Kier alpha value is -0.580. The Kier molecular flexibility index (Phi) is 19.7. The average molecular weight is 449 g/mol. The van der Waals surface area contributed by atoms with Gasteiger partial charge in [0.1, 0.15) is 4.83 Å². The average Bonchev–Trinajstić information content (AvgIpc) is 2.67. The molecule has 0 bridgehead atoms. The van der Waals surface area contributed by atoms with Crippen LogP contribution in [0.2, 0.25) is 0 Å². The van der Waals surface area contributed by atoms with E-state index < -0.39 is 0 Å². The zero-order valence-electron chi connectivity index (χ0n) is 17.6. The van der Waals surface area contributed by atoms with Gasteiger partial charge < -0.3 is 9.47 Å². The highest BCUT2D eigenvalue weighted by atomic mass is 79.9. The van der Waals surface area contributed by atoms with Gasteiger partial charge in [-0.05, 0) is 25.7 Å². The fraction of sp³-hybridized carbons (Fsp3) is 0.909. The number of halogens is 1. The largest absolute Gasteiger partial charge is 0.466 e.